The molecule has 76 valence electrons. The maximum absolute atomic E-state index is 2.99. The average molecular weight is 266 g/mol. The van der Waals surface area contributed by atoms with Crippen molar-refractivity contribution in [1.82, 2.24) is 0 Å². The molecule has 0 atom stereocenters. The Balaban J connectivity index is -0.000000151. The van der Waals surface area contributed by atoms with Crippen LogP contribution in [0.2, 0.25) is 0 Å². The van der Waals surface area contributed by atoms with Gasteiger partial charge in [0.05, 0.1) is 0 Å². The summed E-state index contributed by atoms with van der Waals surface area (Å²) in [5, 5.41) is 0. The van der Waals surface area contributed by atoms with E-state index in [1.165, 1.54) is 3.21 Å². The molecule has 0 saturated carbocycles. The molecular formula is C13H18Zr-2. The van der Waals surface area contributed by atoms with Gasteiger partial charge in [-0.25, -0.2) is 24.3 Å². The van der Waals surface area contributed by atoms with E-state index in [-0.39, 0.29) is 2.85 Å². The molecule has 0 aliphatic heterocycles. The summed E-state index contributed by atoms with van der Waals surface area (Å²) in [5.41, 5.74) is 0. The van der Waals surface area contributed by atoms with Gasteiger partial charge in [-0.15, -0.1) is 12.8 Å². The van der Waals surface area contributed by atoms with E-state index < -0.39 is 0 Å². The first-order valence-corrected chi connectivity index (χ1v) is 5.91. The van der Waals surface area contributed by atoms with E-state index in [1.54, 1.807) is 24.2 Å². The van der Waals surface area contributed by atoms with E-state index in [9.17, 15) is 0 Å². The SMILES string of the molecule is C[C](C)=[Zr+2].[C-]1=CC=CC1.[C-]1=CC=CC1.[H-].[H-]. The molecule has 0 amide bonds. The number of allylic oxidation sites excluding steroid dienone is 8. The summed E-state index contributed by atoms with van der Waals surface area (Å²) in [5.74, 6) is 0. The van der Waals surface area contributed by atoms with Gasteiger partial charge in [0.1, 0.15) is 0 Å². The summed E-state index contributed by atoms with van der Waals surface area (Å²) < 4.78 is 1.51. The second kappa shape index (κ2) is 10.8. The third kappa shape index (κ3) is 14.2. The molecule has 0 N–H and O–H groups in total. The summed E-state index contributed by atoms with van der Waals surface area (Å²) in [4.78, 5) is 0. The first-order valence-electron chi connectivity index (χ1n) is 4.68. The third-order valence-corrected chi connectivity index (χ3v) is 1.17. The monoisotopic (exact) mass is 264 g/mol. The Kier molecular flexibility index (Phi) is 10.6. The molecule has 0 fully saturated rings. The maximum atomic E-state index is 2.99. The second-order valence-electron chi connectivity index (χ2n) is 3.01. The van der Waals surface area contributed by atoms with Crippen molar-refractivity contribution in [1.29, 1.82) is 0 Å². The molecule has 0 aromatic carbocycles. The molecule has 0 spiro atoms. The van der Waals surface area contributed by atoms with E-state index >= 15 is 0 Å². The van der Waals surface area contributed by atoms with Gasteiger partial charge < -0.3 is 2.85 Å². The Labute approximate surface area is 105 Å². The molecule has 0 nitrogen and oxygen atoms in total. The van der Waals surface area contributed by atoms with E-state index in [0.717, 1.165) is 12.8 Å². The molecule has 0 heterocycles. The third-order valence-electron chi connectivity index (χ3n) is 1.17. The summed E-state index contributed by atoms with van der Waals surface area (Å²) in [6.45, 7) is 4.25. The molecule has 1 heteroatoms. The predicted molar refractivity (Wildman–Crippen MR) is 61.7 cm³/mol. The Morgan fingerprint density at radius 3 is 1.50 bits per heavy atom. The molecule has 2 aliphatic carbocycles. The van der Waals surface area contributed by atoms with Crippen molar-refractivity contribution >= 4 is 3.21 Å². The Morgan fingerprint density at radius 2 is 1.43 bits per heavy atom. The maximum Gasteiger partial charge on any atom is -0.109 e. The molecule has 0 aromatic rings. The molecule has 0 unspecified atom stereocenters. The van der Waals surface area contributed by atoms with Crippen LogP contribution < -0.4 is 0 Å². The normalized spacial score (nSPS) is 14.6. The molecular weight excluding hydrogens is 247 g/mol. The van der Waals surface area contributed by atoms with Gasteiger partial charge in [0, 0.05) is 0 Å². The van der Waals surface area contributed by atoms with Crippen molar-refractivity contribution in [3.05, 3.63) is 48.6 Å². The van der Waals surface area contributed by atoms with Crippen LogP contribution >= 0.6 is 0 Å². The fraction of sp³-hybridized carbons (Fsp3) is 0.308. The predicted octanol–water partition coefficient (Wildman–Crippen LogP) is 3.58. The Hall–Kier alpha value is -0.287. The van der Waals surface area contributed by atoms with Crippen LogP contribution in [0.4, 0.5) is 0 Å². The van der Waals surface area contributed by atoms with Crippen LogP contribution in [0.3, 0.4) is 0 Å². The molecule has 2 aliphatic rings. The minimum absolute atomic E-state index is 0. The quantitative estimate of drug-likeness (QED) is 0.587. The molecule has 0 aromatic heterocycles. The fourth-order valence-corrected chi connectivity index (χ4v) is 0.680. The van der Waals surface area contributed by atoms with Crippen molar-refractivity contribution < 1.29 is 27.1 Å². The fourth-order valence-electron chi connectivity index (χ4n) is 0.680. The van der Waals surface area contributed by atoms with Crippen molar-refractivity contribution in [2.24, 2.45) is 0 Å². The molecule has 0 radical (unpaired) electrons. The number of hydrogen-bond donors (Lipinski definition) is 0. The van der Waals surface area contributed by atoms with Crippen LogP contribution in [0.15, 0.2) is 36.5 Å². The van der Waals surface area contributed by atoms with Crippen molar-refractivity contribution in [3.63, 3.8) is 0 Å². The molecule has 0 saturated heterocycles. The minimum Gasteiger partial charge on any atom is -1.00 e. The van der Waals surface area contributed by atoms with E-state index in [0.29, 0.717) is 0 Å². The van der Waals surface area contributed by atoms with Crippen LogP contribution in [-0.2, 0) is 24.2 Å². The van der Waals surface area contributed by atoms with Crippen LogP contribution in [-0.4, -0.2) is 3.21 Å². The van der Waals surface area contributed by atoms with Gasteiger partial charge in [0.2, 0.25) is 0 Å². The van der Waals surface area contributed by atoms with Gasteiger partial charge in [-0.1, -0.05) is 0 Å². The van der Waals surface area contributed by atoms with Crippen LogP contribution in [0.25, 0.3) is 0 Å². The average Bonchev–Trinajstić information content (AvgIpc) is 2.83. The van der Waals surface area contributed by atoms with Crippen molar-refractivity contribution in [2.75, 3.05) is 0 Å². The van der Waals surface area contributed by atoms with Gasteiger partial charge in [-0.2, -0.15) is 12.2 Å². The zero-order valence-electron chi connectivity index (χ0n) is 10.9. The number of rotatable bonds is 0. The largest absolute Gasteiger partial charge is 1.00 e. The van der Waals surface area contributed by atoms with E-state index in [2.05, 4.69) is 38.2 Å². The van der Waals surface area contributed by atoms with Crippen LogP contribution in [0.1, 0.15) is 29.5 Å². The topological polar surface area (TPSA) is 0 Å². The van der Waals surface area contributed by atoms with Gasteiger partial charge in [0.25, 0.3) is 0 Å². The molecule has 0 bridgehead atoms. The van der Waals surface area contributed by atoms with Crippen molar-refractivity contribution in [2.45, 2.75) is 26.7 Å². The smallest absolute Gasteiger partial charge is 0.109 e. The summed E-state index contributed by atoms with van der Waals surface area (Å²) in [6, 6.07) is 0. The molecule has 2 rings (SSSR count). The first-order chi connectivity index (χ1) is 6.73. The van der Waals surface area contributed by atoms with Crippen LogP contribution in [0.5, 0.6) is 0 Å². The minimum atomic E-state index is 0. The first kappa shape index (κ1) is 13.7. The zero-order valence-corrected chi connectivity index (χ0v) is 11.3. The summed E-state index contributed by atoms with van der Waals surface area (Å²) in [7, 11) is 0. The van der Waals surface area contributed by atoms with Gasteiger partial charge in [-0.05, 0) is 0 Å². The summed E-state index contributed by atoms with van der Waals surface area (Å²) in [6.07, 6.45) is 20.0. The number of hydrogen-bond acceptors (Lipinski definition) is 0. The van der Waals surface area contributed by atoms with E-state index in [1.807, 2.05) is 24.3 Å². The molecule has 14 heavy (non-hydrogen) atoms. The van der Waals surface area contributed by atoms with Gasteiger partial charge in [0.15, 0.2) is 0 Å². The Morgan fingerprint density at radius 1 is 1.07 bits per heavy atom. The van der Waals surface area contributed by atoms with Gasteiger partial charge in [-0.3, -0.25) is 12.2 Å². The van der Waals surface area contributed by atoms with Crippen molar-refractivity contribution in [3.8, 4) is 0 Å². The van der Waals surface area contributed by atoms with Gasteiger partial charge >= 0.3 is 41.3 Å². The standard InChI is InChI=1S/2C5H5.C3H6.Zr.2H/c2*1-2-4-5-3-1;1-3-2;;;/h2*1-3H,4H2;1-2H3;;;/q2*-1;;+2;2*-1. The van der Waals surface area contributed by atoms with E-state index in [4.69, 9.17) is 0 Å². The zero-order chi connectivity index (χ0) is 10.6. The second-order valence-corrected chi connectivity index (χ2v) is 5.46. The van der Waals surface area contributed by atoms with Crippen LogP contribution in [0, 0.1) is 12.2 Å². The summed E-state index contributed by atoms with van der Waals surface area (Å²) >= 11 is 1.55. The Bertz CT molecular complexity index is 217.